The van der Waals surface area contributed by atoms with Gasteiger partial charge in [-0.15, -0.1) is 0 Å². The van der Waals surface area contributed by atoms with Gasteiger partial charge in [0.15, 0.2) is 0 Å². The molecule has 0 fully saturated rings. The third-order valence-corrected chi connectivity index (χ3v) is 12.8. The number of nitrogens with zero attached hydrogens (tertiary/aromatic N) is 4. The SMILES string of the molecule is N#Cc1ccc2c(c1)CCCN2c1ccc2c(c1)C(c1ccccc1)(c1ccccc1)c1c-2c2ccccc2c2cc(N3CCCc4cc(C#N)ccc43)ccc12. The summed E-state index contributed by atoms with van der Waals surface area (Å²) in [4.78, 5) is 4.91. The first-order valence-electron chi connectivity index (χ1n) is 20.0. The Morgan fingerprint density at radius 3 is 1.61 bits per heavy atom. The van der Waals surface area contributed by atoms with Crippen molar-refractivity contribution in [3.05, 3.63) is 202 Å². The van der Waals surface area contributed by atoms with Crippen molar-refractivity contribution in [3.8, 4) is 23.3 Å². The molecule has 57 heavy (non-hydrogen) atoms. The number of rotatable bonds is 4. The fourth-order valence-corrected chi connectivity index (χ4v) is 10.4. The van der Waals surface area contributed by atoms with Crippen LogP contribution in [0.3, 0.4) is 0 Å². The van der Waals surface area contributed by atoms with Gasteiger partial charge in [0.25, 0.3) is 0 Å². The van der Waals surface area contributed by atoms with Crippen LogP contribution in [0.4, 0.5) is 22.7 Å². The molecule has 0 atom stereocenters. The maximum absolute atomic E-state index is 9.70. The van der Waals surface area contributed by atoms with E-state index in [1.807, 2.05) is 12.1 Å². The number of hydrogen-bond donors (Lipinski definition) is 0. The maximum atomic E-state index is 9.70. The van der Waals surface area contributed by atoms with Gasteiger partial charge in [0.2, 0.25) is 0 Å². The van der Waals surface area contributed by atoms with Gasteiger partial charge in [-0.2, -0.15) is 10.5 Å². The first-order valence-corrected chi connectivity index (χ1v) is 20.0. The Bertz CT molecular complexity index is 2970. The van der Waals surface area contributed by atoms with Crippen molar-refractivity contribution in [2.75, 3.05) is 22.9 Å². The summed E-state index contributed by atoms with van der Waals surface area (Å²) in [5.74, 6) is 0. The highest BCUT2D eigenvalue weighted by molar-refractivity contribution is 6.20. The Kier molecular flexibility index (Phi) is 7.56. The minimum absolute atomic E-state index is 0.609. The highest BCUT2D eigenvalue weighted by atomic mass is 15.1. The molecule has 4 nitrogen and oxygen atoms in total. The van der Waals surface area contributed by atoms with E-state index >= 15 is 0 Å². The van der Waals surface area contributed by atoms with E-state index < -0.39 is 5.41 Å². The minimum Gasteiger partial charge on any atom is -0.341 e. The molecule has 0 spiro atoms. The van der Waals surface area contributed by atoms with Crippen LogP contribution in [-0.4, -0.2) is 13.1 Å². The van der Waals surface area contributed by atoms with Crippen LogP contribution in [0.5, 0.6) is 0 Å². The van der Waals surface area contributed by atoms with Gasteiger partial charge in [-0.1, -0.05) is 97.1 Å². The molecule has 8 aromatic rings. The summed E-state index contributed by atoms with van der Waals surface area (Å²) < 4.78 is 0. The van der Waals surface area contributed by atoms with Gasteiger partial charge in [-0.05, 0) is 152 Å². The number of anilines is 4. The molecular weight excluding hydrogens is 693 g/mol. The highest BCUT2D eigenvalue weighted by Gasteiger charge is 2.48. The van der Waals surface area contributed by atoms with Crippen molar-refractivity contribution in [2.24, 2.45) is 0 Å². The standard InChI is InChI=1S/C53H38N4/c54-33-35-19-25-49-37(29-35)11-9-27-56(49)41-21-23-45-47(31-41)43-17-7-8-18-44(43)51-46-24-22-42(57-28-10-12-38-30-36(34-55)20-26-50(38)57)32-48(46)53(52(45)51,39-13-3-1-4-14-39)40-15-5-2-6-16-40/h1-8,13-26,29-32H,9-12,27-28H2. The lowest BCUT2D eigenvalue weighted by atomic mass is 9.66. The number of fused-ring (bicyclic) bond motifs is 10. The Morgan fingerprint density at radius 1 is 0.474 bits per heavy atom. The lowest BCUT2D eigenvalue weighted by molar-refractivity contribution is 0.758. The largest absolute Gasteiger partial charge is 0.341 e. The van der Waals surface area contributed by atoms with Gasteiger partial charge in [-0.3, -0.25) is 0 Å². The second-order valence-electron chi connectivity index (χ2n) is 15.7. The van der Waals surface area contributed by atoms with Gasteiger partial charge in [0.1, 0.15) is 0 Å². The molecule has 2 aliphatic heterocycles. The predicted molar refractivity (Wildman–Crippen MR) is 232 cm³/mol. The average molecular weight is 731 g/mol. The molecule has 0 N–H and O–H groups in total. The van der Waals surface area contributed by atoms with E-state index in [1.165, 1.54) is 88.8 Å². The van der Waals surface area contributed by atoms with E-state index in [9.17, 15) is 10.5 Å². The molecule has 0 saturated heterocycles. The minimum atomic E-state index is -0.609. The first-order chi connectivity index (χ1) is 28.2. The van der Waals surface area contributed by atoms with Crippen molar-refractivity contribution in [2.45, 2.75) is 31.1 Å². The summed E-state index contributed by atoms with van der Waals surface area (Å²) in [6, 6.07) is 62.5. The lowest BCUT2D eigenvalue weighted by Gasteiger charge is -2.36. The van der Waals surface area contributed by atoms with Gasteiger partial charge in [0, 0.05) is 35.8 Å². The zero-order chi connectivity index (χ0) is 38.1. The quantitative estimate of drug-likeness (QED) is 0.169. The number of aryl methyl sites for hydroxylation is 2. The van der Waals surface area contributed by atoms with E-state index in [2.05, 4.69) is 168 Å². The molecule has 0 unspecified atom stereocenters. The molecule has 2 heterocycles. The third kappa shape index (κ3) is 4.91. The second-order valence-corrected chi connectivity index (χ2v) is 15.7. The monoisotopic (exact) mass is 730 g/mol. The first kappa shape index (κ1) is 33.2. The van der Waals surface area contributed by atoms with Crippen LogP contribution in [0.2, 0.25) is 0 Å². The Labute approximate surface area is 333 Å². The summed E-state index contributed by atoms with van der Waals surface area (Å²) in [6.45, 7) is 1.84. The fourth-order valence-electron chi connectivity index (χ4n) is 10.4. The number of hydrogen-bond acceptors (Lipinski definition) is 4. The molecule has 11 rings (SSSR count). The zero-order valence-corrected chi connectivity index (χ0v) is 31.5. The van der Waals surface area contributed by atoms with Gasteiger partial charge < -0.3 is 9.80 Å². The van der Waals surface area contributed by atoms with Crippen LogP contribution in [0, 0.1) is 22.7 Å². The van der Waals surface area contributed by atoms with Gasteiger partial charge in [-0.25, -0.2) is 0 Å². The van der Waals surface area contributed by atoms with Crippen LogP contribution in [0.25, 0.3) is 32.7 Å². The normalized spacial score (nSPS) is 15.0. The Balaban J connectivity index is 1.21. The molecule has 0 aromatic heterocycles. The molecule has 0 radical (unpaired) electrons. The molecule has 8 aromatic carbocycles. The topological polar surface area (TPSA) is 54.1 Å². The number of benzene rings is 8. The average Bonchev–Trinajstić information content (AvgIpc) is 3.60. The summed E-state index contributed by atoms with van der Waals surface area (Å²) in [7, 11) is 0. The number of nitriles is 2. The summed E-state index contributed by atoms with van der Waals surface area (Å²) >= 11 is 0. The van der Waals surface area contributed by atoms with Gasteiger partial charge >= 0.3 is 0 Å². The molecule has 3 aliphatic rings. The summed E-state index contributed by atoms with van der Waals surface area (Å²) in [5.41, 5.74) is 15.7. The fraction of sp³-hybridized carbons (Fsp3) is 0.132. The van der Waals surface area contributed by atoms with E-state index in [0.717, 1.165) is 38.8 Å². The molecule has 270 valence electrons. The van der Waals surface area contributed by atoms with Crippen molar-refractivity contribution < 1.29 is 0 Å². The van der Waals surface area contributed by atoms with Crippen LogP contribution in [0.15, 0.2) is 158 Å². The van der Waals surface area contributed by atoms with Crippen molar-refractivity contribution in [1.29, 1.82) is 10.5 Å². The van der Waals surface area contributed by atoms with E-state index in [-0.39, 0.29) is 0 Å². The Hall–Kier alpha value is -7.14. The lowest BCUT2D eigenvalue weighted by Crippen LogP contribution is -2.30. The molecule has 0 saturated carbocycles. The van der Waals surface area contributed by atoms with Crippen LogP contribution < -0.4 is 9.80 Å². The predicted octanol–water partition coefficient (Wildman–Crippen LogP) is 12.3. The van der Waals surface area contributed by atoms with E-state index in [1.54, 1.807) is 0 Å². The van der Waals surface area contributed by atoms with E-state index in [4.69, 9.17) is 0 Å². The smallest absolute Gasteiger partial charge is 0.0991 e. The molecule has 0 bridgehead atoms. The van der Waals surface area contributed by atoms with Crippen molar-refractivity contribution in [1.82, 2.24) is 0 Å². The summed E-state index contributed by atoms with van der Waals surface area (Å²) in [5, 5.41) is 24.3. The molecule has 1 aliphatic carbocycles. The molecule has 4 heteroatoms. The van der Waals surface area contributed by atoms with Crippen LogP contribution in [-0.2, 0) is 18.3 Å². The Morgan fingerprint density at radius 2 is 1.02 bits per heavy atom. The molecular formula is C53H38N4. The molecule has 0 amide bonds. The third-order valence-electron chi connectivity index (χ3n) is 12.8. The highest BCUT2D eigenvalue weighted by Crippen LogP contribution is 2.61. The second kappa shape index (κ2) is 13.0. The van der Waals surface area contributed by atoms with Crippen LogP contribution in [0.1, 0.15) is 57.3 Å². The summed E-state index contributed by atoms with van der Waals surface area (Å²) in [6.07, 6.45) is 4.01. The van der Waals surface area contributed by atoms with Crippen LogP contribution >= 0.6 is 0 Å². The van der Waals surface area contributed by atoms with Crippen molar-refractivity contribution >= 4 is 44.3 Å². The zero-order valence-electron chi connectivity index (χ0n) is 31.5. The van der Waals surface area contributed by atoms with Gasteiger partial charge in [0.05, 0.1) is 28.7 Å². The van der Waals surface area contributed by atoms with E-state index in [0.29, 0.717) is 11.1 Å². The van der Waals surface area contributed by atoms with Crippen molar-refractivity contribution in [3.63, 3.8) is 0 Å². The maximum Gasteiger partial charge on any atom is 0.0991 e.